The Balaban J connectivity index is 2.04. The predicted molar refractivity (Wildman–Crippen MR) is 63.1 cm³/mol. The van der Waals surface area contributed by atoms with Crippen molar-refractivity contribution >= 4 is 22.9 Å². The predicted octanol–water partition coefficient (Wildman–Crippen LogP) is 3.85. The van der Waals surface area contributed by atoms with Crippen LogP contribution in [0.15, 0.2) is 11.4 Å². The van der Waals surface area contributed by atoms with Crippen LogP contribution in [0.5, 0.6) is 0 Å². The van der Waals surface area contributed by atoms with Crippen molar-refractivity contribution < 1.29 is 0 Å². The van der Waals surface area contributed by atoms with Gasteiger partial charge >= 0.3 is 0 Å². The fraction of sp³-hybridized carbons (Fsp3) is 0.636. The molecular weight excluding hydrogens is 214 g/mol. The lowest BCUT2D eigenvalue weighted by atomic mass is 10.1. The fourth-order valence-electron chi connectivity index (χ4n) is 1.77. The summed E-state index contributed by atoms with van der Waals surface area (Å²) in [7, 11) is 0. The first-order valence-electron chi connectivity index (χ1n) is 5.27. The van der Waals surface area contributed by atoms with Crippen molar-refractivity contribution in [1.29, 1.82) is 0 Å². The maximum atomic E-state index is 6.14. The molecule has 1 N–H and O–H groups in total. The molecule has 1 heterocycles. The molecule has 1 fully saturated rings. The smallest absolute Gasteiger partial charge is 0.0561 e. The minimum absolute atomic E-state index is 0.486. The van der Waals surface area contributed by atoms with E-state index < -0.39 is 0 Å². The normalized spacial score (nSPS) is 18.4. The summed E-state index contributed by atoms with van der Waals surface area (Å²) in [5, 5.41) is 6.53. The van der Waals surface area contributed by atoms with Crippen LogP contribution in [0.1, 0.15) is 37.1 Å². The quantitative estimate of drug-likeness (QED) is 0.809. The second-order valence-corrected chi connectivity index (χ2v) is 5.28. The molecule has 0 radical (unpaired) electrons. The number of hydrogen-bond donors (Lipinski definition) is 1. The van der Waals surface area contributed by atoms with Crippen molar-refractivity contribution in [3.05, 3.63) is 21.3 Å². The summed E-state index contributed by atoms with van der Waals surface area (Å²) >= 11 is 7.92. The van der Waals surface area contributed by atoms with E-state index in [1.54, 1.807) is 11.3 Å². The topological polar surface area (TPSA) is 12.0 Å². The zero-order valence-electron chi connectivity index (χ0n) is 8.42. The molecule has 1 aliphatic carbocycles. The maximum absolute atomic E-state index is 6.14. The molecular formula is C11H16ClNS. The van der Waals surface area contributed by atoms with Gasteiger partial charge in [0.1, 0.15) is 0 Å². The van der Waals surface area contributed by atoms with E-state index in [1.807, 2.05) is 6.07 Å². The highest BCUT2D eigenvalue weighted by molar-refractivity contribution is 7.10. The van der Waals surface area contributed by atoms with Gasteiger partial charge in [-0.3, -0.25) is 0 Å². The average Bonchev–Trinajstić information content (AvgIpc) is 2.87. The molecule has 78 valence electrons. The van der Waals surface area contributed by atoms with Gasteiger partial charge in [-0.1, -0.05) is 31.4 Å². The Morgan fingerprint density at radius 3 is 2.93 bits per heavy atom. The third kappa shape index (κ3) is 2.50. The summed E-state index contributed by atoms with van der Waals surface area (Å²) < 4.78 is 0. The molecule has 1 saturated carbocycles. The SMILES string of the molecule is CCNC(CC1CC1)c1sccc1Cl. The van der Waals surface area contributed by atoms with E-state index in [0.717, 1.165) is 17.5 Å². The monoisotopic (exact) mass is 229 g/mol. The van der Waals surface area contributed by atoms with Crippen LogP contribution in [0.2, 0.25) is 5.02 Å². The maximum Gasteiger partial charge on any atom is 0.0561 e. The van der Waals surface area contributed by atoms with Crippen LogP contribution in [0.25, 0.3) is 0 Å². The molecule has 3 heteroatoms. The first kappa shape index (κ1) is 10.5. The Morgan fingerprint density at radius 1 is 1.64 bits per heavy atom. The highest BCUT2D eigenvalue weighted by atomic mass is 35.5. The van der Waals surface area contributed by atoms with Gasteiger partial charge in [0.15, 0.2) is 0 Å². The van der Waals surface area contributed by atoms with E-state index >= 15 is 0 Å². The molecule has 14 heavy (non-hydrogen) atoms. The average molecular weight is 230 g/mol. The molecule has 0 saturated heterocycles. The summed E-state index contributed by atoms with van der Waals surface area (Å²) in [4.78, 5) is 1.32. The second kappa shape index (κ2) is 4.65. The van der Waals surface area contributed by atoms with E-state index in [-0.39, 0.29) is 0 Å². The van der Waals surface area contributed by atoms with Gasteiger partial charge in [-0.25, -0.2) is 0 Å². The molecule has 0 aliphatic heterocycles. The second-order valence-electron chi connectivity index (χ2n) is 3.92. The van der Waals surface area contributed by atoms with Gasteiger partial charge in [0.2, 0.25) is 0 Å². The van der Waals surface area contributed by atoms with Crippen molar-refractivity contribution in [3.63, 3.8) is 0 Å². The fourth-order valence-corrected chi connectivity index (χ4v) is 3.05. The van der Waals surface area contributed by atoms with Gasteiger partial charge in [0.25, 0.3) is 0 Å². The third-order valence-corrected chi connectivity index (χ3v) is 4.15. The zero-order valence-corrected chi connectivity index (χ0v) is 10.00. The number of halogens is 1. The molecule has 0 bridgehead atoms. The molecule has 0 spiro atoms. The minimum Gasteiger partial charge on any atom is -0.309 e. The first-order chi connectivity index (χ1) is 6.81. The minimum atomic E-state index is 0.486. The van der Waals surface area contributed by atoms with E-state index in [9.17, 15) is 0 Å². The van der Waals surface area contributed by atoms with Gasteiger partial charge in [-0.2, -0.15) is 0 Å². The van der Waals surface area contributed by atoms with Crippen LogP contribution in [0.4, 0.5) is 0 Å². The molecule has 0 amide bonds. The van der Waals surface area contributed by atoms with Crippen molar-refractivity contribution in [2.24, 2.45) is 5.92 Å². The Bertz CT molecular complexity index is 293. The van der Waals surface area contributed by atoms with Crippen LogP contribution in [-0.4, -0.2) is 6.54 Å². The largest absolute Gasteiger partial charge is 0.309 e. The highest BCUT2D eigenvalue weighted by Crippen LogP contribution is 2.40. The summed E-state index contributed by atoms with van der Waals surface area (Å²) in [5.74, 6) is 0.942. The molecule has 1 aromatic rings. The van der Waals surface area contributed by atoms with Crippen LogP contribution in [-0.2, 0) is 0 Å². The van der Waals surface area contributed by atoms with Crippen LogP contribution in [0, 0.1) is 5.92 Å². The molecule has 1 aliphatic rings. The lowest BCUT2D eigenvalue weighted by Crippen LogP contribution is -2.20. The van der Waals surface area contributed by atoms with E-state index in [2.05, 4.69) is 17.6 Å². The summed E-state index contributed by atoms with van der Waals surface area (Å²) in [6.07, 6.45) is 4.07. The van der Waals surface area contributed by atoms with Crippen molar-refractivity contribution in [2.75, 3.05) is 6.54 Å². The van der Waals surface area contributed by atoms with Gasteiger partial charge in [-0.15, -0.1) is 11.3 Å². The number of rotatable bonds is 5. The molecule has 1 nitrogen and oxygen atoms in total. The zero-order chi connectivity index (χ0) is 9.97. The Morgan fingerprint density at radius 2 is 2.43 bits per heavy atom. The highest BCUT2D eigenvalue weighted by Gasteiger charge is 2.27. The third-order valence-electron chi connectivity index (χ3n) is 2.68. The van der Waals surface area contributed by atoms with E-state index in [0.29, 0.717) is 6.04 Å². The number of thiophene rings is 1. The van der Waals surface area contributed by atoms with Crippen LogP contribution >= 0.6 is 22.9 Å². The Hall–Kier alpha value is -0.0500. The molecule has 1 atom stereocenters. The van der Waals surface area contributed by atoms with Gasteiger partial charge in [0.05, 0.1) is 5.02 Å². The molecule has 1 aromatic heterocycles. The van der Waals surface area contributed by atoms with Gasteiger partial charge < -0.3 is 5.32 Å². The Labute approximate surface area is 94.5 Å². The van der Waals surface area contributed by atoms with Crippen molar-refractivity contribution in [3.8, 4) is 0 Å². The van der Waals surface area contributed by atoms with Gasteiger partial charge in [0, 0.05) is 10.9 Å². The van der Waals surface area contributed by atoms with Crippen molar-refractivity contribution in [2.45, 2.75) is 32.2 Å². The van der Waals surface area contributed by atoms with E-state index in [1.165, 1.54) is 24.1 Å². The summed E-state index contributed by atoms with van der Waals surface area (Å²) in [6.45, 7) is 3.17. The van der Waals surface area contributed by atoms with Crippen LogP contribution in [0.3, 0.4) is 0 Å². The van der Waals surface area contributed by atoms with Crippen LogP contribution < -0.4 is 5.32 Å². The lowest BCUT2D eigenvalue weighted by Gasteiger charge is -2.16. The summed E-state index contributed by atoms with van der Waals surface area (Å²) in [6, 6.07) is 2.48. The molecule has 2 rings (SSSR count). The first-order valence-corrected chi connectivity index (χ1v) is 6.53. The number of nitrogens with one attached hydrogen (secondary N) is 1. The summed E-state index contributed by atoms with van der Waals surface area (Å²) in [5.41, 5.74) is 0. The van der Waals surface area contributed by atoms with E-state index in [4.69, 9.17) is 11.6 Å². The van der Waals surface area contributed by atoms with Gasteiger partial charge in [-0.05, 0) is 30.3 Å². The lowest BCUT2D eigenvalue weighted by molar-refractivity contribution is 0.494. The van der Waals surface area contributed by atoms with Crippen molar-refractivity contribution in [1.82, 2.24) is 5.32 Å². The standard InChI is InChI=1S/C11H16ClNS/c1-2-13-10(7-8-3-4-8)11-9(12)5-6-14-11/h5-6,8,10,13H,2-4,7H2,1H3. The molecule has 1 unspecified atom stereocenters. The molecule has 0 aromatic carbocycles. The Kier molecular flexibility index (Phi) is 3.47. The number of hydrogen-bond acceptors (Lipinski definition) is 2.